The van der Waals surface area contributed by atoms with E-state index in [9.17, 15) is 24.3 Å². The van der Waals surface area contributed by atoms with E-state index in [4.69, 9.17) is 4.74 Å². The van der Waals surface area contributed by atoms with Crippen LogP contribution < -0.4 is 10.6 Å². The third-order valence-electron chi connectivity index (χ3n) is 8.79. The van der Waals surface area contributed by atoms with Gasteiger partial charge in [0.2, 0.25) is 11.8 Å². The molecule has 5 aliphatic heterocycles. The third-order valence-corrected chi connectivity index (χ3v) is 8.79. The van der Waals surface area contributed by atoms with Crippen molar-refractivity contribution in [1.82, 2.24) is 20.4 Å². The van der Waals surface area contributed by atoms with Gasteiger partial charge in [-0.3, -0.25) is 19.2 Å². The van der Waals surface area contributed by atoms with Gasteiger partial charge in [0.05, 0.1) is 18.2 Å². The molecule has 0 aromatic heterocycles. The van der Waals surface area contributed by atoms with Crippen LogP contribution in [-0.2, 0) is 23.9 Å². The number of carbonyl (C=O) groups excluding carboxylic acids is 4. The van der Waals surface area contributed by atoms with Crippen molar-refractivity contribution in [3.05, 3.63) is 46.1 Å². The Morgan fingerprint density at radius 2 is 1.44 bits per heavy atom. The van der Waals surface area contributed by atoms with Crippen LogP contribution in [0.1, 0.15) is 68.2 Å². The zero-order chi connectivity index (χ0) is 28.8. The van der Waals surface area contributed by atoms with Crippen LogP contribution in [0.15, 0.2) is 46.1 Å². The van der Waals surface area contributed by atoms with Gasteiger partial charge in [-0.05, 0) is 55.4 Å². The summed E-state index contributed by atoms with van der Waals surface area (Å²) in [5.41, 5.74) is 0.133. The number of allylic oxidation sites excluding steroid dienone is 2. The van der Waals surface area contributed by atoms with Gasteiger partial charge in [-0.15, -0.1) is 0 Å². The van der Waals surface area contributed by atoms with Crippen LogP contribution in [0.2, 0.25) is 0 Å². The van der Waals surface area contributed by atoms with E-state index in [-0.39, 0.29) is 54.1 Å². The number of hydrogen-bond acceptors (Lipinski definition) is 8. The van der Waals surface area contributed by atoms with Crippen LogP contribution in [0, 0.1) is 0 Å². The lowest BCUT2D eigenvalue weighted by Crippen LogP contribution is -2.51. The first-order chi connectivity index (χ1) is 18.1. The van der Waals surface area contributed by atoms with Crippen molar-refractivity contribution in [2.24, 2.45) is 0 Å². The predicted molar refractivity (Wildman–Crippen MR) is 143 cm³/mol. The van der Waals surface area contributed by atoms with Gasteiger partial charge in [0.1, 0.15) is 34.9 Å². The number of fused-ring (bicyclic) bond motifs is 4. The van der Waals surface area contributed by atoms with Crippen molar-refractivity contribution >= 4 is 23.4 Å². The number of ether oxygens (including phenoxy) is 1. The summed E-state index contributed by atoms with van der Waals surface area (Å²) in [5, 5.41) is 16.5. The first-order valence-corrected chi connectivity index (χ1v) is 13.5. The number of morpholine rings is 1. The summed E-state index contributed by atoms with van der Waals surface area (Å²) < 4.78 is 5.83. The molecule has 5 aliphatic rings. The minimum absolute atomic E-state index is 0.0718. The lowest BCUT2D eigenvalue weighted by molar-refractivity contribution is -0.125. The molecule has 3 saturated heterocycles. The van der Waals surface area contributed by atoms with E-state index in [1.165, 1.54) is 12.2 Å². The Morgan fingerprint density at radius 1 is 0.923 bits per heavy atom. The van der Waals surface area contributed by atoms with Crippen molar-refractivity contribution in [1.29, 1.82) is 0 Å². The zero-order valence-electron chi connectivity index (χ0n) is 23.8. The molecule has 5 rings (SSSR count). The second-order valence-corrected chi connectivity index (χ2v) is 12.3. The Labute approximate surface area is 228 Å². The number of aliphatic hydroxyl groups is 1. The molecule has 0 spiro atoms. The lowest BCUT2D eigenvalue weighted by Gasteiger charge is -2.35. The number of ketones is 2. The van der Waals surface area contributed by atoms with Gasteiger partial charge in [0.25, 0.3) is 0 Å². The van der Waals surface area contributed by atoms with E-state index >= 15 is 0 Å². The summed E-state index contributed by atoms with van der Waals surface area (Å²) in [5.74, 6) is -0.523. The first kappa shape index (κ1) is 27.3. The van der Waals surface area contributed by atoms with E-state index in [0.717, 1.165) is 11.1 Å². The number of carbonyl (C=O) groups is 4. The molecule has 0 radical (unpaired) electrons. The highest BCUT2D eigenvalue weighted by atomic mass is 16.6. The highest BCUT2D eigenvalue weighted by molar-refractivity contribution is 6.12. The van der Waals surface area contributed by atoms with Gasteiger partial charge in [-0.1, -0.05) is 11.1 Å². The molecule has 0 aliphatic carbocycles. The van der Waals surface area contributed by atoms with Gasteiger partial charge >= 0.3 is 0 Å². The fourth-order valence-corrected chi connectivity index (χ4v) is 7.02. The minimum Gasteiger partial charge on any atom is -0.391 e. The summed E-state index contributed by atoms with van der Waals surface area (Å²) in [6.07, 6.45) is 1.88. The molecule has 10 heteroatoms. The molecule has 0 bridgehead atoms. The number of Topliss-reactive ketones (excluding diaryl/α,β-unsaturated/α-hetero) is 2. The van der Waals surface area contributed by atoms with Crippen LogP contribution in [0.3, 0.4) is 0 Å². The minimum atomic E-state index is -1.06. The van der Waals surface area contributed by atoms with E-state index in [2.05, 4.69) is 10.6 Å². The zero-order valence-corrected chi connectivity index (χ0v) is 23.8. The molecule has 3 fully saturated rings. The maximum absolute atomic E-state index is 14.1. The van der Waals surface area contributed by atoms with Crippen LogP contribution >= 0.6 is 0 Å². The molecular weight excluding hydrogens is 500 g/mol. The van der Waals surface area contributed by atoms with E-state index in [1.54, 1.807) is 25.7 Å². The highest BCUT2D eigenvalue weighted by Crippen LogP contribution is 2.55. The molecular formula is C29H38N4O6. The predicted octanol–water partition coefficient (Wildman–Crippen LogP) is 1.57. The fraction of sp³-hybridized carbons (Fsp3) is 0.586. The number of epoxide rings is 1. The van der Waals surface area contributed by atoms with Crippen LogP contribution in [0.4, 0.5) is 0 Å². The lowest BCUT2D eigenvalue weighted by atomic mass is 9.85. The van der Waals surface area contributed by atoms with Crippen molar-refractivity contribution in [2.45, 2.75) is 110 Å². The molecule has 3 N–H and O–H groups in total. The highest BCUT2D eigenvalue weighted by Gasteiger charge is 2.73. The molecule has 10 nitrogen and oxygen atoms in total. The van der Waals surface area contributed by atoms with Gasteiger partial charge in [-0.2, -0.15) is 0 Å². The Morgan fingerprint density at radius 3 is 1.97 bits per heavy atom. The SMILES string of the molecule is CC(C)=CC(=O)NC1=C(CC2=C(NC(=O)C=C(C)C)N3C(C)C4OC4C3(C)C2=O)C(=O)C2(C)CC(O)C(C)N12. The maximum Gasteiger partial charge on any atom is 0.249 e. The molecule has 210 valence electrons. The van der Waals surface area contributed by atoms with Gasteiger partial charge in [0, 0.05) is 36.1 Å². The average Bonchev–Trinajstić information content (AvgIpc) is 3.45. The smallest absolute Gasteiger partial charge is 0.249 e. The number of amides is 2. The Balaban J connectivity index is 1.62. The summed E-state index contributed by atoms with van der Waals surface area (Å²) in [6.45, 7) is 14.6. The number of nitrogens with zero attached hydrogens (tertiary/aromatic N) is 2. The maximum atomic E-state index is 14.1. The van der Waals surface area contributed by atoms with E-state index in [1.807, 2.05) is 39.5 Å². The van der Waals surface area contributed by atoms with Crippen molar-refractivity contribution in [2.75, 3.05) is 0 Å². The largest absolute Gasteiger partial charge is 0.391 e. The molecule has 0 aromatic rings. The van der Waals surface area contributed by atoms with Crippen LogP contribution in [0.5, 0.6) is 0 Å². The van der Waals surface area contributed by atoms with Crippen molar-refractivity contribution in [3.63, 3.8) is 0 Å². The van der Waals surface area contributed by atoms with E-state index < -0.39 is 29.1 Å². The quantitative estimate of drug-likeness (QED) is 0.343. The van der Waals surface area contributed by atoms with Gasteiger partial charge in [0.15, 0.2) is 11.6 Å². The standard InChI is InChI=1S/C29H38N4O6/c1-13(2)9-20(35)30-26-17(23(37)28(7)12-19(34)15(5)32(26)28)11-18-24(38)29(8)25-22(39-25)16(6)33(29)27(18)31-21(36)10-14(3)4/h9-10,15-16,19,22,25,34H,11-12H2,1-8H3,(H,30,35)(H,31,36). The average molecular weight is 539 g/mol. The summed E-state index contributed by atoms with van der Waals surface area (Å²) >= 11 is 0. The number of nitrogens with one attached hydrogen (secondary N) is 2. The van der Waals surface area contributed by atoms with E-state index in [0.29, 0.717) is 17.2 Å². The fourth-order valence-electron chi connectivity index (χ4n) is 7.02. The van der Waals surface area contributed by atoms with Crippen LogP contribution in [0.25, 0.3) is 0 Å². The molecule has 0 saturated carbocycles. The van der Waals surface area contributed by atoms with Gasteiger partial charge < -0.3 is 30.3 Å². The van der Waals surface area contributed by atoms with Gasteiger partial charge in [-0.25, -0.2) is 0 Å². The molecule has 7 atom stereocenters. The molecule has 7 unspecified atom stereocenters. The van der Waals surface area contributed by atoms with Crippen molar-refractivity contribution in [3.8, 4) is 0 Å². The second-order valence-electron chi connectivity index (χ2n) is 12.3. The summed E-state index contributed by atoms with van der Waals surface area (Å²) in [7, 11) is 0. The molecule has 39 heavy (non-hydrogen) atoms. The Bertz CT molecular complexity index is 1320. The number of aliphatic hydroxyl groups excluding tert-OH is 1. The second kappa shape index (κ2) is 8.89. The van der Waals surface area contributed by atoms with Crippen LogP contribution in [-0.4, -0.2) is 79.8 Å². The first-order valence-electron chi connectivity index (χ1n) is 13.5. The Hall–Kier alpha value is -3.24. The number of hydrogen-bond donors (Lipinski definition) is 3. The normalized spacial score (nSPS) is 36.2. The summed E-state index contributed by atoms with van der Waals surface area (Å²) in [6, 6.07) is -0.575. The summed E-state index contributed by atoms with van der Waals surface area (Å²) in [4.78, 5) is 57.5. The molecule has 0 aromatic carbocycles. The molecule has 5 heterocycles. The Kier molecular flexibility index (Phi) is 6.23. The number of rotatable bonds is 6. The topological polar surface area (TPSA) is 132 Å². The monoisotopic (exact) mass is 538 g/mol. The molecule has 2 amide bonds. The third kappa shape index (κ3) is 3.90. The van der Waals surface area contributed by atoms with Crippen molar-refractivity contribution < 1.29 is 29.0 Å².